The molecular weight excluding hydrogens is 472 g/mol. The Morgan fingerprint density at radius 1 is 0.889 bits per heavy atom. The predicted octanol–water partition coefficient (Wildman–Crippen LogP) is 6.98. The van der Waals surface area contributed by atoms with Crippen LogP contribution in [0.1, 0.15) is 89.7 Å². The summed E-state index contributed by atoms with van der Waals surface area (Å²) in [5.74, 6) is 1.05. The summed E-state index contributed by atoms with van der Waals surface area (Å²) in [6, 6.07) is 11.4. The van der Waals surface area contributed by atoms with Crippen molar-refractivity contribution < 1.29 is 18.8 Å². The third-order valence-electron chi connectivity index (χ3n) is 6.39. The van der Waals surface area contributed by atoms with Crippen LogP contribution >= 0.6 is 11.6 Å². The van der Waals surface area contributed by atoms with Crippen molar-refractivity contribution in [2.75, 3.05) is 19.8 Å². The number of halogens is 1. The zero-order valence-electron chi connectivity index (χ0n) is 22.4. The van der Waals surface area contributed by atoms with Crippen LogP contribution in [0.15, 0.2) is 42.6 Å². The van der Waals surface area contributed by atoms with Gasteiger partial charge < -0.3 is 14.8 Å². The number of unbranched alkanes of at least 4 members (excludes halogenated alkanes) is 11. The molecule has 1 amide bonds. The largest absolute Gasteiger partial charge is 0.494 e. The lowest BCUT2D eigenvalue weighted by Gasteiger charge is -2.11. The van der Waals surface area contributed by atoms with Crippen molar-refractivity contribution in [3.05, 3.63) is 53.3 Å². The lowest BCUT2D eigenvalue weighted by molar-refractivity contribution is -0.679. The summed E-state index contributed by atoms with van der Waals surface area (Å²) in [5.41, 5.74) is 1.15. The minimum atomic E-state index is -0.169. The van der Waals surface area contributed by atoms with E-state index in [2.05, 4.69) is 12.2 Å². The molecule has 200 valence electrons. The molecule has 1 N–H and O–H groups in total. The number of benzene rings is 1. The number of hydrogen-bond donors (Lipinski definition) is 1. The standard InChI is InChI=1S/C30H45ClN2O3/c1-3-4-5-6-7-8-9-10-11-12-13-16-23-35-27-18-19-29(28(31)24-27)36-25-30(34)32-21-20-26-17-14-15-22-33(26)2/h14-15,17-19,22,24H,3-13,16,20-21,23,25H2,1-2H3/p+1. The fraction of sp³-hybridized carbons (Fsp3) is 0.600. The van der Waals surface area contributed by atoms with Crippen LogP contribution in [0.3, 0.4) is 0 Å². The highest BCUT2D eigenvalue weighted by Crippen LogP contribution is 2.29. The van der Waals surface area contributed by atoms with Gasteiger partial charge in [-0.2, -0.15) is 0 Å². The Kier molecular flexibility index (Phi) is 15.7. The van der Waals surface area contributed by atoms with E-state index in [-0.39, 0.29) is 12.5 Å². The van der Waals surface area contributed by atoms with Crippen LogP contribution < -0.4 is 19.4 Å². The van der Waals surface area contributed by atoms with Crippen molar-refractivity contribution in [2.24, 2.45) is 7.05 Å². The van der Waals surface area contributed by atoms with Gasteiger partial charge in [0.2, 0.25) is 0 Å². The van der Waals surface area contributed by atoms with Crippen LogP contribution in [0.5, 0.6) is 11.5 Å². The second-order valence-corrected chi connectivity index (χ2v) is 9.93. The van der Waals surface area contributed by atoms with E-state index in [9.17, 15) is 4.79 Å². The summed E-state index contributed by atoms with van der Waals surface area (Å²) in [5, 5.41) is 3.33. The molecule has 1 aromatic heterocycles. The Hall–Kier alpha value is -2.27. The van der Waals surface area contributed by atoms with Crippen LogP contribution in [-0.2, 0) is 18.3 Å². The quantitative estimate of drug-likeness (QED) is 0.152. The minimum Gasteiger partial charge on any atom is -0.494 e. The smallest absolute Gasteiger partial charge is 0.257 e. The fourth-order valence-corrected chi connectivity index (χ4v) is 4.39. The van der Waals surface area contributed by atoms with Crippen molar-refractivity contribution in [3.63, 3.8) is 0 Å². The summed E-state index contributed by atoms with van der Waals surface area (Å²) in [6.45, 7) is 3.44. The monoisotopic (exact) mass is 517 g/mol. The van der Waals surface area contributed by atoms with Gasteiger partial charge in [0.15, 0.2) is 18.5 Å². The lowest BCUT2D eigenvalue weighted by Crippen LogP contribution is -2.36. The van der Waals surface area contributed by atoms with Gasteiger partial charge in [0.25, 0.3) is 5.91 Å². The summed E-state index contributed by atoms with van der Waals surface area (Å²) >= 11 is 6.33. The average molecular weight is 518 g/mol. The molecule has 0 atom stereocenters. The predicted molar refractivity (Wildman–Crippen MR) is 148 cm³/mol. The van der Waals surface area contributed by atoms with Crippen LogP contribution in [0.25, 0.3) is 0 Å². The molecule has 0 unspecified atom stereocenters. The third-order valence-corrected chi connectivity index (χ3v) is 6.69. The molecule has 0 bridgehead atoms. The fourth-order valence-electron chi connectivity index (χ4n) is 4.16. The van der Waals surface area contributed by atoms with Crippen molar-refractivity contribution >= 4 is 17.5 Å². The molecule has 0 aliphatic heterocycles. The van der Waals surface area contributed by atoms with Gasteiger partial charge >= 0.3 is 0 Å². The van der Waals surface area contributed by atoms with E-state index in [1.54, 1.807) is 12.1 Å². The van der Waals surface area contributed by atoms with Crippen LogP contribution in [0.4, 0.5) is 0 Å². The first kappa shape index (κ1) is 30.0. The normalized spacial score (nSPS) is 10.9. The second kappa shape index (κ2) is 18.9. The zero-order valence-corrected chi connectivity index (χ0v) is 23.2. The lowest BCUT2D eigenvalue weighted by atomic mass is 10.1. The maximum absolute atomic E-state index is 12.1. The van der Waals surface area contributed by atoms with Crippen molar-refractivity contribution in [1.29, 1.82) is 0 Å². The Bertz CT molecular complexity index is 875. The molecule has 0 saturated carbocycles. The highest BCUT2D eigenvalue weighted by Gasteiger charge is 2.09. The third kappa shape index (κ3) is 13.2. The molecule has 36 heavy (non-hydrogen) atoms. The number of nitrogens with zero attached hydrogens (tertiary/aromatic N) is 1. The van der Waals surface area contributed by atoms with E-state index in [0.29, 0.717) is 23.9 Å². The average Bonchev–Trinajstić information content (AvgIpc) is 2.87. The van der Waals surface area contributed by atoms with Gasteiger partial charge in [-0.25, -0.2) is 4.57 Å². The summed E-state index contributed by atoms with van der Waals surface area (Å²) in [4.78, 5) is 12.1. The number of ether oxygens (including phenoxy) is 2. The van der Waals surface area contributed by atoms with E-state index in [0.717, 1.165) is 24.3 Å². The molecule has 6 heteroatoms. The van der Waals surface area contributed by atoms with Gasteiger partial charge in [0, 0.05) is 31.2 Å². The summed E-state index contributed by atoms with van der Waals surface area (Å²) < 4.78 is 13.5. The number of carbonyl (C=O) groups is 1. The van der Waals surface area contributed by atoms with Gasteiger partial charge in [-0.05, 0) is 18.6 Å². The van der Waals surface area contributed by atoms with Crippen molar-refractivity contribution in [3.8, 4) is 11.5 Å². The first-order valence-electron chi connectivity index (χ1n) is 13.9. The number of hydrogen-bond acceptors (Lipinski definition) is 3. The molecule has 0 radical (unpaired) electrons. The first-order chi connectivity index (χ1) is 17.6. The van der Waals surface area contributed by atoms with E-state index in [4.69, 9.17) is 21.1 Å². The van der Waals surface area contributed by atoms with Gasteiger partial charge in [0.05, 0.1) is 11.6 Å². The van der Waals surface area contributed by atoms with Gasteiger partial charge in [-0.15, -0.1) is 0 Å². The number of nitrogens with one attached hydrogen (secondary N) is 1. The molecule has 0 spiro atoms. The maximum atomic E-state index is 12.1. The van der Waals surface area contributed by atoms with E-state index in [1.165, 1.54) is 70.6 Å². The van der Waals surface area contributed by atoms with Crippen LogP contribution in [0.2, 0.25) is 5.02 Å². The van der Waals surface area contributed by atoms with E-state index >= 15 is 0 Å². The molecule has 0 fully saturated rings. The molecule has 2 rings (SSSR count). The highest BCUT2D eigenvalue weighted by molar-refractivity contribution is 6.32. The molecule has 0 saturated heterocycles. The van der Waals surface area contributed by atoms with E-state index < -0.39 is 0 Å². The molecular formula is C30H46ClN2O3+. The van der Waals surface area contributed by atoms with Crippen molar-refractivity contribution in [2.45, 2.75) is 90.4 Å². The molecule has 1 aromatic carbocycles. The molecule has 1 heterocycles. The second-order valence-electron chi connectivity index (χ2n) is 9.52. The summed E-state index contributed by atoms with van der Waals surface area (Å²) in [7, 11) is 1.99. The SMILES string of the molecule is CCCCCCCCCCCCCCOc1ccc(OCC(=O)NCCc2cccc[n+]2C)c(Cl)c1. The van der Waals surface area contributed by atoms with Gasteiger partial charge in [-0.3, -0.25) is 4.79 Å². The minimum absolute atomic E-state index is 0.0697. The van der Waals surface area contributed by atoms with Gasteiger partial charge in [0.1, 0.15) is 18.5 Å². The number of aromatic nitrogens is 1. The summed E-state index contributed by atoms with van der Waals surface area (Å²) in [6.07, 6.45) is 18.7. The molecule has 2 aromatic rings. The van der Waals surface area contributed by atoms with Crippen LogP contribution in [-0.4, -0.2) is 25.7 Å². The first-order valence-corrected chi connectivity index (χ1v) is 14.2. The number of pyridine rings is 1. The maximum Gasteiger partial charge on any atom is 0.257 e. The Labute approximate surface area is 223 Å². The molecule has 0 aliphatic rings. The number of carbonyl (C=O) groups excluding carboxylic acids is 1. The number of rotatable bonds is 20. The number of amides is 1. The topological polar surface area (TPSA) is 51.4 Å². The Balaban J connectivity index is 1.51. The molecule has 5 nitrogen and oxygen atoms in total. The van der Waals surface area contributed by atoms with Crippen molar-refractivity contribution in [1.82, 2.24) is 5.32 Å². The highest BCUT2D eigenvalue weighted by atomic mass is 35.5. The van der Waals surface area contributed by atoms with Crippen LogP contribution in [0, 0.1) is 0 Å². The zero-order chi connectivity index (χ0) is 25.8. The van der Waals surface area contributed by atoms with E-state index in [1.807, 2.05) is 42.1 Å². The Morgan fingerprint density at radius 3 is 2.19 bits per heavy atom. The Morgan fingerprint density at radius 2 is 1.56 bits per heavy atom. The number of aryl methyl sites for hydroxylation is 1. The van der Waals surface area contributed by atoms with Gasteiger partial charge in [-0.1, -0.05) is 95.2 Å². The molecule has 0 aliphatic carbocycles.